The van der Waals surface area contributed by atoms with E-state index in [-0.39, 0.29) is 5.91 Å². The number of amides is 1. The molecule has 5 N–H and O–H groups in total. The molecule has 2 aliphatic carbocycles. The predicted molar refractivity (Wildman–Crippen MR) is 113 cm³/mol. The van der Waals surface area contributed by atoms with E-state index in [1.165, 1.54) is 12.8 Å². The molecule has 3 aliphatic rings. The Morgan fingerprint density at radius 1 is 1.17 bits per heavy atom. The SMILES string of the molecule is C=C1C/C(=C\c2cnn3c(NC4CC4)cc(NC4CCC(N)CC4)nc23)C(=O)N1. The van der Waals surface area contributed by atoms with E-state index in [1.807, 2.05) is 16.7 Å². The summed E-state index contributed by atoms with van der Waals surface area (Å²) < 4.78 is 1.83. The van der Waals surface area contributed by atoms with Crippen LogP contribution in [0.4, 0.5) is 11.6 Å². The lowest BCUT2D eigenvalue weighted by Gasteiger charge is -2.27. The first-order valence-electron chi connectivity index (χ1n) is 10.4. The fourth-order valence-electron chi connectivity index (χ4n) is 4.07. The van der Waals surface area contributed by atoms with Crippen LogP contribution in [0.5, 0.6) is 0 Å². The summed E-state index contributed by atoms with van der Waals surface area (Å²) in [6.07, 6.45) is 10.7. The molecule has 3 heterocycles. The predicted octanol–water partition coefficient (Wildman–Crippen LogP) is 2.40. The average Bonchev–Trinajstić information content (AvgIpc) is 3.33. The van der Waals surface area contributed by atoms with E-state index in [0.717, 1.165) is 54.2 Å². The third-order valence-electron chi connectivity index (χ3n) is 5.87. The molecule has 0 aromatic carbocycles. The van der Waals surface area contributed by atoms with Crippen LogP contribution in [0.1, 0.15) is 50.5 Å². The number of rotatable bonds is 5. The minimum atomic E-state index is -0.0986. The van der Waals surface area contributed by atoms with Crippen molar-refractivity contribution in [1.82, 2.24) is 19.9 Å². The van der Waals surface area contributed by atoms with Gasteiger partial charge in [0.05, 0.1) is 6.20 Å². The summed E-state index contributed by atoms with van der Waals surface area (Å²) in [4.78, 5) is 16.9. The average molecular weight is 393 g/mol. The summed E-state index contributed by atoms with van der Waals surface area (Å²) in [6, 6.07) is 3.23. The minimum absolute atomic E-state index is 0.0986. The van der Waals surface area contributed by atoms with Gasteiger partial charge in [0, 0.05) is 47.4 Å². The molecule has 0 bridgehead atoms. The van der Waals surface area contributed by atoms with Crippen molar-refractivity contribution in [3.8, 4) is 0 Å². The van der Waals surface area contributed by atoms with Crippen molar-refractivity contribution in [2.45, 2.75) is 63.1 Å². The van der Waals surface area contributed by atoms with Gasteiger partial charge in [-0.25, -0.2) is 4.98 Å². The number of nitrogens with zero attached hydrogens (tertiary/aromatic N) is 3. The van der Waals surface area contributed by atoms with Crippen molar-refractivity contribution in [1.29, 1.82) is 0 Å². The summed E-state index contributed by atoms with van der Waals surface area (Å²) >= 11 is 0. The topological polar surface area (TPSA) is 109 Å². The van der Waals surface area contributed by atoms with Gasteiger partial charge < -0.3 is 21.7 Å². The number of carbonyl (C=O) groups excluding carboxylic acids is 1. The molecule has 1 saturated heterocycles. The van der Waals surface area contributed by atoms with Gasteiger partial charge in [0.15, 0.2) is 5.65 Å². The third-order valence-corrected chi connectivity index (χ3v) is 5.87. The molecule has 2 saturated carbocycles. The molecule has 5 rings (SSSR count). The van der Waals surface area contributed by atoms with Crippen LogP contribution in [0.15, 0.2) is 30.1 Å². The van der Waals surface area contributed by atoms with Crippen LogP contribution < -0.4 is 21.7 Å². The summed E-state index contributed by atoms with van der Waals surface area (Å²) in [5, 5.41) is 14.4. The number of nitrogens with two attached hydrogens (primary N) is 1. The van der Waals surface area contributed by atoms with Crippen molar-refractivity contribution in [3.05, 3.63) is 35.7 Å². The molecular weight excluding hydrogens is 366 g/mol. The Hall–Kier alpha value is -2.87. The number of allylic oxidation sites excluding steroid dienone is 1. The molecule has 3 fully saturated rings. The van der Waals surface area contributed by atoms with Gasteiger partial charge >= 0.3 is 0 Å². The molecule has 0 atom stereocenters. The first-order valence-corrected chi connectivity index (χ1v) is 10.4. The Morgan fingerprint density at radius 3 is 2.59 bits per heavy atom. The third kappa shape index (κ3) is 3.85. The second-order valence-corrected chi connectivity index (χ2v) is 8.44. The summed E-state index contributed by atoms with van der Waals surface area (Å²) in [5.74, 6) is 1.66. The van der Waals surface area contributed by atoms with E-state index in [9.17, 15) is 4.79 Å². The molecule has 1 aliphatic heterocycles. The van der Waals surface area contributed by atoms with Crippen LogP contribution in [0.3, 0.4) is 0 Å². The maximum Gasteiger partial charge on any atom is 0.251 e. The molecular formula is C21H27N7O. The van der Waals surface area contributed by atoms with Gasteiger partial charge in [0.25, 0.3) is 5.91 Å². The maximum atomic E-state index is 12.1. The highest BCUT2D eigenvalue weighted by Crippen LogP contribution is 2.29. The Kier molecular flexibility index (Phi) is 4.50. The zero-order valence-corrected chi connectivity index (χ0v) is 16.4. The summed E-state index contributed by atoms with van der Waals surface area (Å²) in [5.41, 5.74) is 9.02. The normalized spacial score (nSPS) is 26.2. The number of aromatic nitrogens is 3. The van der Waals surface area contributed by atoms with E-state index in [2.05, 4.69) is 27.6 Å². The highest BCUT2D eigenvalue weighted by Gasteiger charge is 2.25. The minimum Gasteiger partial charge on any atom is -0.367 e. The van der Waals surface area contributed by atoms with Crippen molar-refractivity contribution in [3.63, 3.8) is 0 Å². The van der Waals surface area contributed by atoms with Crippen LogP contribution in [0.2, 0.25) is 0 Å². The van der Waals surface area contributed by atoms with Gasteiger partial charge in [0.2, 0.25) is 0 Å². The second-order valence-electron chi connectivity index (χ2n) is 8.44. The highest BCUT2D eigenvalue weighted by atomic mass is 16.2. The zero-order chi connectivity index (χ0) is 20.0. The van der Waals surface area contributed by atoms with E-state index in [4.69, 9.17) is 10.7 Å². The summed E-state index contributed by atoms with van der Waals surface area (Å²) in [7, 11) is 0. The van der Waals surface area contributed by atoms with Crippen LogP contribution in [0.25, 0.3) is 11.7 Å². The van der Waals surface area contributed by atoms with Crippen molar-refractivity contribution in [2.75, 3.05) is 10.6 Å². The van der Waals surface area contributed by atoms with E-state index < -0.39 is 0 Å². The van der Waals surface area contributed by atoms with Crippen molar-refractivity contribution in [2.24, 2.45) is 5.73 Å². The number of hydrogen-bond acceptors (Lipinski definition) is 6. The maximum absolute atomic E-state index is 12.1. The van der Waals surface area contributed by atoms with Crippen molar-refractivity contribution >= 4 is 29.3 Å². The van der Waals surface area contributed by atoms with Crippen molar-refractivity contribution < 1.29 is 4.79 Å². The number of fused-ring (bicyclic) bond motifs is 1. The Labute approximate surface area is 169 Å². The van der Waals surface area contributed by atoms with Gasteiger partial charge in [-0.05, 0) is 44.6 Å². The summed E-state index contributed by atoms with van der Waals surface area (Å²) in [6.45, 7) is 3.85. The Morgan fingerprint density at radius 2 is 1.90 bits per heavy atom. The van der Waals surface area contributed by atoms with Gasteiger partial charge in [-0.3, -0.25) is 4.79 Å². The molecule has 0 unspecified atom stereocenters. The van der Waals surface area contributed by atoms with Gasteiger partial charge in [-0.1, -0.05) is 6.58 Å². The molecule has 2 aromatic rings. The zero-order valence-electron chi connectivity index (χ0n) is 16.4. The van der Waals surface area contributed by atoms with Gasteiger partial charge in [-0.15, -0.1) is 0 Å². The van der Waals surface area contributed by atoms with Crippen LogP contribution in [0, 0.1) is 0 Å². The smallest absolute Gasteiger partial charge is 0.251 e. The lowest BCUT2D eigenvalue weighted by molar-refractivity contribution is -0.115. The molecule has 0 radical (unpaired) electrons. The molecule has 2 aromatic heterocycles. The number of nitrogens with one attached hydrogen (secondary N) is 3. The number of hydrogen-bond donors (Lipinski definition) is 4. The molecule has 0 spiro atoms. The lowest BCUT2D eigenvalue weighted by atomic mass is 9.92. The molecule has 1 amide bonds. The second kappa shape index (κ2) is 7.18. The molecule has 8 heteroatoms. The van der Waals surface area contributed by atoms with E-state index in [0.29, 0.717) is 30.1 Å². The first kappa shape index (κ1) is 18.2. The largest absolute Gasteiger partial charge is 0.367 e. The van der Waals surface area contributed by atoms with Crippen LogP contribution in [-0.2, 0) is 4.79 Å². The van der Waals surface area contributed by atoms with Gasteiger partial charge in [0.1, 0.15) is 11.6 Å². The number of anilines is 2. The lowest BCUT2D eigenvalue weighted by Crippen LogP contribution is -2.33. The van der Waals surface area contributed by atoms with E-state index in [1.54, 1.807) is 6.20 Å². The molecule has 29 heavy (non-hydrogen) atoms. The monoisotopic (exact) mass is 393 g/mol. The van der Waals surface area contributed by atoms with E-state index >= 15 is 0 Å². The van der Waals surface area contributed by atoms with Gasteiger partial charge in [-0.2, -0.15) is 9.61 Å². The molecule has 152 valence electrons. The quantitative estimate of drug-likeness (QED) is 0.581. The first-order chi connectivity index (χ1) is 14.0. The van der Waals surface area contributed by atoms with Crippen LogP contribution >= 0.6 is 0 Å². The number of carbonyl (C=O) groups is 1. The van der Waals surface area contributed by atoms with Crippen LogP contribution in [-0.4, -0.2) is 38.6 Å². The Balaban J connectivity index is 1.49. The molecule has 8 nitrogen and oxygen atoms in total. The Bertz CT molecular complexity index is 996. The highest BCUT2D eigenvalue weighted by molar-refractivity contribution is 6.02. The fourth-order valence-corrected chi connectivity index (χ4v) is 4.07. The standard InChI is InChI=1S/C21H27N7O/c1-12-8-13(21(29)24-12)9-14-11-23-28-19(26-17-6-7-17)10-18(27-20(14)28)25-16-4-2-15(22)3-5-16/h9-11,15-17,26H,1-8,22H2,(H,24,29)(H,25,27)/b13-9+. The fraction of sp³-hybridized carbons (Fsp3) is 0.476.